The topological polar surface area (TPSA) is 53.1 Å². The number of halogens is 1. The summed E-state index contributed by atoms with van der Waals surface area (Å²) >= 11 is 5.98. The number of carboxylic acid groups (broad SMARTS) is 1. The van der Waals surface area contributed by atoms with E-state index in [0.29, 0.717) is 11.4 Å². The average Bonchev–Trinajstić information content (AvgIpc) is 2.66. The quantitative estimate of drug-likeness (QED) is 0.815. The molecule has 0 bridgehead atoms. The molecule has 1 aliphatic carbocycles. The molecule has 4 heteroatoms. The Balaban J connectivity index is 2.29. The Morgan fingerprint density at radius 1 is 1.47 bits per heavy atom. The first-order chi connectivity index (χ1) is 8.16. The summed E-state index contributed by atoms with van der Waals surface area (Å²) in [6.45, 7) is 0. The summed E-state index contributed by atoms with van der Waals surface area (Å²) in [5, 5.41) is 10.9. The lowest BCUT2D eigenvalue weighted by molar-refractivity contribution is -0.139. The Morgan fingerprint density at radius 3 is 3.06 bits per heavy atom. The van der Waals surface area contributed by atoms with Crippen molar-refractivity contribution in [2.75, 3.05) is 0 Å². The number of aromatic nitrogens is 1. The Morgan fingerprint density at radius 2 is 2.29 bits per heavy atom. The molecule has 3 rings (SSSR count). The molecule has 0 amide bonds. The van der Waals surface area contributed by atoms with Crippen LogP contribution in [0, 0.1) is 0 Å². The molecule has 1 heterocycles. The van der Waals surface area contributed by atoms with Crippen LogP contribution in [0.4, 0.5) is 0 Å². The highest BCUT2D eigenvalue weighted by atomic mass is 35.5. The second-order valence-electron chi connectivity index (χ2n) is 4.49. The van der Waals surface area contributed by atoms with Gasteiger partial charge >= 0.3 is 5.97 Å². The second kappa shape index (κ2) is 3.77. The smallest absolute Gasteiger partial charge is 0.311 e. The van der Waals surface area contributed by atoms with Crippen LogP contribution in [-0.4, -0.2) is 16.1 Å². The molecule has 3 nitrogen and oxygen atoms in total. The maximum absolute atomic E-state index is 11.3. The summed E-state index contributed by atoms with van der Waals surface area (Å²) in [6.07, 6.45) is 2.55. The molecule has 0 spiro atoms. The highest BCUT2D eigenvalue weighted by molar-refractivity contribution is 6.31. The molecule has 17 heavy (non-hydrogen) atoms. The van der Waals surface area contributed by atoms with Crippen LogP contribution in [0.25, 0.3) is 10.9 Å². The van der Waals surface area contributed by atoms with Crippen molar-refractivity contribution < 1.29 is 9.90 Å². The number of benzene rings is 1. The number of hydrogen-bond donors (Lipinski definition) is 2. The fourth-order valence-electron chi connectivity index (χ4n) is 2.71. The first-order valence-electron chi connectivity index (χ1n) is 5.69. The first kappa shape index (κ1) is 10.7. The Hall–Kier alpha value is -1.48. The van der Waals surface area contributed by atoms with Crippen LogP contribution in [0.2, 0.25) is 5.02 Å². The van der Waals surface area contributed by atoms with Crippen molar-refractivity contribution >= 4 is 28.5 Å². The molecule has 1 aliphatic rings. The molecule has 1 unspecified atom stereocenters. The van der Waals surface area contributed by atoms with Crippen LogP contribution in [0.1, 0.15) is 30.0 Å². The lowest BCUT2D eigenvalue weighted by Crippen LogP contribution is -2.17. The lowest BCUT2D eigenvalue weighted by Gasteiger charge is -2.19. The van der Waals surface area contributed by atoms with Crippen molar-refractivity contribution in [1.82, 2.24) is 4.98 Å². The number of carboxylic acids is 1. The van der Waals surface area contributed by atoms with E-state index >= 15 is 0 Å². The van der Waals surface area contributed by atoms with Gasteiger partial charge in [-0.3, -0.25) is 4.79 Å². The van der Waals surface area contributed by atoms with Crippen molar-refractivity contribution in [3.8, 4) is 0 Å². The minimum Gasteiger partial charge on any atom is -0.481 e. The van der Waals surface area contributed by atoms with E-state index in [1.165, 1.54) is 0 Å². The second-order valence-corrected chi connectivity index (χ2v) is 4.93. The van der Waals surface area contributed by atoms with Gasteiger partial charge in [0.15, 0.2) is 0 Å². The van der Waals surface area contributed by atoms with E-state index in [-0.39, 0.29) is 0 Å². The molecule has 1 aromatic carbocycles. The number of carbonyl (C=O) groups is 1. The SMILES string of the molecule is O=C(O)C1CCCc2[nH]c3ccc(Cl)cc3c21. The molecule has 0 aliphatic heterocycles. The Kier molecular flexibility index (Phi) is 2.37. The van der Waals surface area contributed by atoms with Crippen molar-refractivity contribution in [3.05, 3.63) is 34.5 Å². The number of fused-ring (bicyclic) bond motifs is 3. The molecule has 1 aromatic heterocycles. The van der Waals surface area contributed by atoms with Crippen LogP contribution >= 0.6 is 11.6 Å². The Labute approximate surface area is 103 Å². The third-order valence-corrected chi connectivity index (χ3v) is 3.68. The van der Waals surface area contributed by atoms with E-state index in [4.69, 9.17) is 11.6 Å². The van der Waals surface area contributed by atoms with Crippen LogP contribution in [0.15, 0.2) is 18.2 Å². The van der Waals surface area contributed by atoms with E-state index in [0.717, 1.165) is 35.0 Å². The van der Waals surface area contributed by atoms with Crippen molar-refractivity contribution in [2.45, 2.75) is 25.2 Å². The summed E-state index contributed by atoms with van der Waals surface area (Å²) in [5.74, 6) is -1.14. The predicted octanol–water partition coefficient (Wildman–Crippen LogP) is 3.33. The minimum absolute atomic E-state index is 0.397. The number of aromatic amines is 1. The largest absolute Gasteiger partial charge is 0.481 e. The summed E-state index contributed by atoms with van der Waals surface area (Å²) in [4.78, 5) is 14.6. The third kappa shape index (κ3) is 1.62. The zero-order valence-corrected chi connectivity index (χ0v) is 9.92. The van der Waals surface area contributed by atoms with E-state index in [1.807, 2.05) is 18.2 Å². The average molecular weight is 250 g/mol. The molecule has 0 saturated heterocycles. The molecule has 1 atom stereocenters. The first-order valence-corrected chi connectivity index (χ1v) is 6.07. The van der Waals surface area contributed by atoms with Gasteiger partial charge < -0.3 is 10.1 Å². The maximum atomic E-state index is 11.3. The molecule has 2 aromatic rings. The van der Waals surface area contributed by atoms with Crippen LogP contribution in [0.5, 0.6) is 0 Å². The highest BCUT2D eigenvalue weighted by Gasteiger charge is 2.29. The minimum atomic E-state index is -0.744. The molecular weight excluding hydrogens is 238 g/mol. The fourth-order valence-corrected chi connectivity index (χ4v) is 2.88. The summed E-state index contributed by atoms with van der Waals surface area (Å²) in [6, 6.07) is 5.59. The standard InChI is InChI=1S/C13H12ClNO2/c14-7-4-5-10-9(6-7)12-8(13(16)17)2-1-3-11(12)15-10/h4-6,8,15H,1-3H2,(H,16,17). The molecule has 2 N–H and O–H groups in total. The molecule has 0 radical (unpaired) electrons. The van der Waals surface area contributed by atoms with E-state index in [1.54, 1.807) is 0 Å². The number of rotatable bonds is 1. The number of aliphatic carboxylic acids is 1. The van der Waals surface area contributed by atoms with Gasteiger partial charge in [0.25, 0.3) is 0 Å². The molecule has 0 saturated carbocycles. The van der Waals surface area contributed by atoms with Gasteiger partial charge in [-0.15, -0.1) is 0 Å². The summed E-state index contributed by atoms with van der Waals surface area (Å²) < 4.78 is 0. The normalized spacial score (nSPS) is 19.2. The maximum Gasteiger partial charge on any atom is 0.311 e. The van der Waals surface area contributed by atoms with E-state index in [9.17, 15) is 9.90 Å². The van der Waals surface area contributed by atoms with Gasteiger partial charge in [-0.2, -0.15) is 0 Å². The molecular formula is C13H12ClNO2. The Bertz CT molecular complexity index is 603. The van der Waals surface area contributed by atoms with Crippen LogP contribution < -0.4 is 0 Å². The van der Waals surface area contributed by atoms with E-state index < -0.39 is 11.9 Å². The monoisotopic (exact) mass is 249 g/mol. The number of nitrogens with one attached hydrogen (secondary N) is 1. The van der Waals surface area contributed by atoms with Crippen molar-refractivity contribution in [2.24, 2.45) is 0 Å². The van der Waals surface area contributed by atoms with Crippen molar-refractivity contribution in [3.63, 3.8) is 0 Å². The zero-order chi connectivity index (χ0) is 12.0. The number of aryl methyl sites for hydroxylation is 1. The highest BCUT2D eigenvalue weighted by Crippen LogP contribution is 2.38. The van der Waals surface area contributed by atoms with Crippen LogP contribution in [-0.2, 0) is 11.2 Å². The van der Waals surface area contributed by atoms with Gasteiger partial charge in [0, 0.05) is 21.6 Å². The predicted molar refractivity (Wildman–Crippen MR) is 66.6 cm³/mol. The molecule has 88 valence electrons. The van der Waals surface area contributed by atoms with E-state index in [2.05, 4.69) is 4.98 Å². The number of H-pyrrole nitrogens is 1. The van der Waals surface area contributed by atoms with Gasteiger partial charge in [-0.1, -0.05) is 11.6 Å². The van der Waals surface area contributed by atoms with Gasteiger partial charge in [-0.25, -0.2) is 0 Å². The zero-order valence-electron chi connectivity index (χ0n) is 9.16. The van der Waals surface area contributed by atoms with Gasteiger partial charge in [-0.05, 0) is 43.0 Å². The van der Waals surface area contributed by atoms with Gasteiger partial charge in [0.2, 0.25) is 0 Å². The van der Waals surface area contributed by atoms with Crippen LogP contribution in [0.3, 0.4) is 0 Å². The van der Waals surface area contributed by atoms with Crippen molar-refractivity contribution in [1.29, 1.82) is 0 Å². The molecule has 0 fully saturated rings. The third-order valence-electron chi connectivity index (χ3n) is 3.45. The van der Waals surface area contributed by atoms with Gasteiger partial charge in [0.05, 0.1) is 5.92 Å². The number of hydrogen-bond acceptors (Lipinski definition) is 1. The summed E-state index contributed by atoms with van der Waals surface area (Å²) in [7, 11) is 0. The fraction of sp³-hybridized carbons (Fsp3) is 0.308. The van der Waals surface area contributed by atoms with Gasteiger partial charge in [0.1, 0.15) is 0 Å². The summed E-state index contributed by atoms with van der Waals surface area (Å²) in [5.41, 5.74) is 2.97. The lowest BCUT2D eigenvalue weighted by atomic mass is 9.85.